The number of carboxylic acid groups (broad SMARTS) is 1. The summed E-state index contributed by atoms with van der Waals surface area (Å²) in [5, 5.41) is 12.5. The number of benzene rings is 2. The topological polar surface area (TPSA) is 67.8 Å². The summed E-state index contributed by atoms with van der Waals surface area (Å²) < 4.78 is 12.3. The van der Waals surface area contributed by atoms with E-state index in [4.69, 9.17) is 26.2 Å². The molecule has 0 saturated carbocycles. The van der Waals surface area contributed by atoms with Crippen LogP contribution >= 0.6 is 39.3 Å². The van der Waals surface area contributed by atoms with E-state index >= 15 is 0 Å². The molecule has 2 atom stereocenters. The Bertz CT molecular complexity index is 803. The summed E-state index contributed by atoms with van der Waals surface area (Å²) >= 11 is 11.3. The SMILES string of the molecule is COc1cc(C2NC(C(=O)O)CS2)cc(Cl)c1OCc1ccc(Br)cc1. The van der Waals surface area contributed by atoms with Gasteiger partial charge in [0, 0.05) is 10.2 Å². The van der Waals surface area contributed by atoms with Gasteiger partial charge in [-0.05, 0) is 35.4 Å². The van der Waals surface area contributed by atoms with Crippen LogP contribution < -0.4 is 14.8 Å². The monoisotopic (exact) mass is 457 g/mol. The van der Waals surface area contributed by atoms with Crippen LogP contribution in [0.5, 0.6) is 11.5 Å². The number of nitrogens with one attached hydrogen (secondary N) is 1. The normalized spacial score (nSPS) is 19.3. The van der Waals surface area contributed by atoms with Gasteiger partial charge in [0.05, 0.1) is 17.5 Å². The van der Waals surface area contributed by atoms with Gasteiger partial charge in [-0.15, -0.1) is 11.8 Å². The molecule has 2 aromatic rings. The van der Waals surface area contributed by atoms with Crippen LogP contribution in [0.2, 0.25) is 5.02 Å². The molecule has 26 heavy (non-hydrogen) atoms. The summed E-state index contributed by atoms with van der Waals surface area (Å²) in [5.41, 5.74) is 1.87. The summed E-state index contributed by atoms with van der Waals surface area (Å²) in [7, 11) is 1.55. The quantitative estimate of drug-likeness (QED) is 0.665. The first kappa shape index (κ1) is 19.4. The van der Waals surface area contributed by atoms with Crippen molar-refractivity contribution in [2.24, 2.45) is 0 Å². The fraction of sp³-hybridized carbons (Fsp3) is 0.278. The lowest BCUT2D eigenvalue weighted by atomic mass is 10.1. The largest absolute Gasteiger partial charge is 0.493 e. The molecule has 2 N–H and O–H groups in total. The van der Waals surface area contributed by atoms with Gasteiger partial charge in [0.25, 0.3) is 0 Å². The second kappa shape index (κ2) is 8.52. The number of carboxylic acids is 1. The first-order valence-electron chi connectivity index (χ1n) is 7.83. The smallest absolute Gasteiger partial charge is 0.321 e. The van der Waals surface area contributed by atoms with E-state index < -0.39 is 12.0 Å². The number of carbonyl (C=O) groups is 1. The highest BCUT2D eigenvalue weighted by Gasteiger charge is 2.31. The molecule has 1 heterocycles. The van der Waals surface area contributed by atoms with Gasteiger partial charge in [-0.1, -0.05) is 39.7 Å². The molecule has 1 aliphatic heterocycles. The number of methoxy groups -OCH3 is 1. The average molecular weight is 459 g/mol. The molecule has 2 aromatic carbocycles. The van der Waals surface area contributed by atoms with Crippen LogP contribution in [0.25, 0.3) is 0 Å². The van der Waals surface area contributed by atoms with Gasteiger partial charge in [-0.2, -0.15) is 0 Å². The van der Waals surface area contributed by atoms with Gasteiger partial charge in [0.15, 0.2) is 11.5 Å². The van der Waals surface area contributed by atoms with E-state index in [0.717, 1.165) is 15.6 Å². The fourth-order valence-electron chi connectivity index (χ4n) is 2.57. The molecule has 5 nitrogen and oxygen atoms in total. The van der Waals surface area contributed by atoms with Crippen LogP contribution in [0, 0.1) is 0 Å². The molecule has 1 fully saturated rings. The Morgan fingerprint density at radius 1 is 1.38 bits per heavy atom. The van der Waals surface area contributed by atoms with E-state index in [0.29, 0.717) is 28.9 Å². The minimum atomic E-state index is -0.854. The molecule has 1 aliphatic rings. The zero-order valence-corrected chi connectivity index (χ0v) is 17.0. The summed E-state index contributed by atoms with van der Waals surface area (Å²) in [6, 6.07) is 10.9. The van der Waals surface area contributed by atoms with Gasteiger partial charge in [0.1, 0.15) is 12.6 Å². The fourth-order valence-corrected chi connectivity index (χ4v) is 4.32. The second-order valence-corrected chi connectivity index (χ2v) is 8.18. The van der Waals surface area contributed by atoms with Crippen LogP contribution in [0.1, 0.15) is 16.5 Å². The predicted octanol–water partition coefficient (Wildman–Crippen LogP) is 4.48. The number of rotatable bonds is 6. The molecule has 1 saturated heterocycles. The van der Waals surface area contributed by atoms with Crippen molar-refractivity contribution in [1.82, 2.24) is 5.32 Å². The van der Waals surface area contributed by atoms with E-state index in [1.807, 2.05) is 30.3 Å². The molecule has 0 spiro atoms. The Hall–Kier alpha value is -1.41. The summed E-state index contributed by atoms with van der Waals surface area (Å²) in [6.07, 6.45) is 0. The second-order valence-electron chi connectivity index (χ2n) is 5.72. The lowest BCUT2D eigenvalue weighted by Gasteiger charge is -2.17. The predicted molar refractivity (Wildman–Crippen MR) is 106 cm³/mol. The van der Waals surface area contributed by atoms with Gasteiger partial charge in [-0.25, -0.2) is 0 Å². The summed E-state index contributed by atoms with van der Waals surface area (Å²) in [5.74, 6) is 0.638. The van der Waals surface area contributed by atoms with Crippen molar-refractivity contribution in [2.75, 3.05) is 12.9 Å². The maximum absolute atomic E-state index is 11.1. The summed E-state index contributed by atoms with van der Waals surface area (Å²) in [6.45, 7) is 0.361. The zero-order chi connectivity index (χ0) is 18.7. The third-order valence-electron chi connectivity index (χ3n) is 3.93. The Morgan fingerprint density at radius 3 is 2.73 bits per heavy atom. The van der Waals surface area contributed by atoms with Crippen molar-refractivity contribution in [3.05, 3.63) is 57.0 Å². The van der Waals surface area contributed by atoms with Crippen LogP contribution in [0.4, 0.5) is 0 Å². The number of halogens is 2. The van der Waals surface area contributed by atoms with E-state index in [-0.39, 0.29) is 5.37 Å². The van der Waals surface area contributed by atoms with E-state index in [2.05, 4.69) is 21.2 Å². The van der Waals surface area contributed by atoms with Crippen molar-refractivity contribution in [1.29, 1.82) is 0 Å². The maximum atomic E-state index is 11.1. The lowest BCUT2D eigenvalue weighted by Crippen LogP contribution is -2.33. The standard InChI is InChI=1S/C18H17BrClNO4S/c1-24-15-7-11(17-21-14(9-26-17)18(22)23)6-13(20)16(15)25-8-10-2-4-12(19)5-3-10/h2-7,14,17,21H,8-9H2,1H3,(H,22,23). The van der Waals surface area contributed by atoms with Crippen molar-refractivity contribution in [3.8, 4) is 11.5 Å². The lowest BCUT2D eigenvalue weighted by molar-refractivity contribution is -0.138. The molecule has 138 valence electrons. The first-order chi connectivity index (χ1) is 12.5. The molecule has 0 amide bonds. The molecule has 0 aromatic heterocycles. The number of thioether (sulfide) groups is 1. The average Bonchev–Trinajstić information content (AvgIpc) is 3.12. The van der Waals surface area contributed by atoms with Crippen molar-refractivity contribution < 1.29 is 19.4 Å². The molecular weight excluding hydrogens is 442 g/mol. The van der Waals surface area contributed by atoms with Crippen LogP contribution in [0.3, 0.4) is 0 Å². The first-order valence-corrected chi connectivity index (χ1v) is 10.0. The van der Waals surface area contributed by atoms with Crippen molar-refractivity contribution in [2.45, 2.75) is 18.0 Å². The molecule has 3 rings (SSSR count). The number of ether oxygens (including phenoxy) is 2. The Kier molecular flexibility index (Phi) is 6.34. The van der Waals surface area contributed by atoms with E-state index in [1.165, 1.54) is 11.8 Å². The summed E-state index contributed by atoms with van der Waals surface area (Å²) in [4.78, 5) is 11.1. The highest BCUT2D eigenvalue weighted by Crippen LogP contribution is 2.42. The minimum Gasteiger partial charge on any atom is -0.493 e. The zero-order valence-electron chi connectivity index (χ0n) is 13.9. The highest BCUT2D eigenvalue weighted by molar-refractivity contribution is 9.10. The van der Waals surface area contributed by atoms with E-state index in [9.17, 15) is 4.79 Å². The molecule has 8 heteroatoms. The van der Waals surface area contributed by atoms with Gasteiger partial charge in [-0.3, -0.25) is 10.1 Å². The Morgan fingerprint density at radius 2 is 2.12 bits per heavy atom. The van der Waals surface area contributed by atoms with Crippen molar-refractivity contribution >= 4 is 45.3 Å². The number of hydrogen-bond acceptors (Lipinski definition) is 5. The highest BCUT2D eigenvalue weighted by atomic mass is 79.9. The molecule has 2 unspecified atom stereocenters. The van der Waals surface area contributed by atoms with Gasteiger partial charge >= 0.3 is 5.97 Å². The molecular formula is C18H17BrClNO4S. The Labute approximate surface area is 169 Å². The molecule has 0 radical (unpaired) electrons. The molecule has 0 bridgehead atoms. The third kappa shape index (κ3) is 4.46. The van der Waals surface area contributed by atoms with Crippen LogP contribution in [0.15, 0.2) is 40.9 Å². The number of hydrogen-bond donors (Lipinski definition) is 2. The maximum Gasteiger partial charge on any atom is 0.321 e. The van der Waals surface area contributed by atoms with Crippen LogP contribution in [-0.4, -0.2) is 30.0 Å². The molecule has 0 aliphatic carbocycles. The van der Waals surface area contributed by atoms with Gasteiger partial charge < -0.3 is 14.6 Å². The van der Waals surface area contributed by atoms with Crippen LogP contribution in [-0.2, 0) is 11.4 Å². The minimum absolute atomic E-state index is 0.150. The third-order valence-corrected chi connectivity index (χ3v) is 6.01. The van der Waals surface area contributed by atoms with Crippen molar-refractivity contribution in [3.63, 3.8) is 0 Å². The Balaban J connectivity index is 1.77. The van der Waals surface area contributed by atoms with Gasteiger partial charge in [0.2, 0.25) is 0 Å². The van der Waals surface area contributed by atoms with E-state index in [1.54, 1.807) is 13.2 Å². The number of aliphatic carboxylic acids is 1.